The third kappa shape index (κ3) is 2.61. The van der Waals surface area contributed by atoms with Crippen LogP contribution in [0.3, 0.4) is 0 Å². The molecule has 0 N–H and O–H groups in total. The van der Waals surface area contributed by atoms with E-state index < -0.39 is 23.8 Å². The lowest BCUT2D eigenvalue weighted by Crippen LogP contribution is -2.04. The molecule has 1 aromatic carbocycles. The molecule has 0 aliphatic rings. The molecule has 0 radical (unpaired) electrons. The number of hydrogen-bond donors (Lipinski definition) is 0. The Morgan fingerprint density at radius 2 is 1.64 bits per heavy atom. The van der Waals surface area contributed by atoms with Crippen LogP contribution in [0.1, 0.15) is 16.5 Å². The van der Waals surface area contributed by atoms with Gasteiger partial charge in [-0.3, -0.25) is 0 Å². The fraction of sp³-hybridized carbons (Fsp3) is 0.333. The maximum absolute atomic E-state index is 12.1. The summed E-state index contributed by atoms with van der Waals surface area (Å²) in [5.41, 5.74) is -0.411. The molecule has 1 rings (SSSR count). The Morgan fingerprint density at radius 3 is 2.00 bits per heavy atom. The van der Waals surface area contributed by atoms with Crippen molar-refractivity contribution in [3.8, 4) is 0 Å². The van der Waals surface area contributed by atoms with Gasteiger partial charge in [-0.05, 0) is 17.7 Å². The molecule has 1 aromatic rings. The summed E-state index contributed by atoms with van der Waals surface area (Å²) < 4.78 is 48.3. The molecule has 5 heteroatoms. The first kappa shape index (κ1) is 11.3. The zero-order chi connectivity index (χ0) is 10.8. The first-order valence-electron chi connectivity index (χ1n) is 3.82. The van der Waals surface area contributed by atoms with E-state index >= 15 is 0 Å². The molecule has 0 spiro atoms. The van der Waals surface area contributed by atoms with Gasteiger partial charge in [0.15, 0.2) is 0 Å². The highest BCUT2D eigenvalue weighted by Gasteiger charge is 2.30. The summed E-state index contributed by atoms with van der Waals surface area (Å²) in [6.45, 7) is -0.799. The van der Waals surface area contributed by atoms with Gasteiger partial charge < -0.3 is 0 Å². The number of alkyl halides is 5. The average Bonchev–Trinajstić information content (AvgIpc) is 2.15. The monoisotopic (exact) mass is 226 g/mol. The highest BCUT2D eigenvalue weighted by atomic mass is 35.5. The van der Waals surface area contributed by atoms with Gasteiger partial charge >= 0.3 is 6.18 Å². The molecule has 14 heavy (non-hydrogen) atoms. The fourth-order valence-electron chi connectivity index (χ4n) is 0.970. The topological polar surface area (TPSA) is 0 Å². The van der Waals surface area contributed by atoms with Gasteiger partial charge in [-0.25, -0.2) is 4.39 Å². The molecule has 0 amide bonds. The molecule has 0 aliphatic carbocycles. The summed E-state index contributed by atoms with van der Waals surface area (Å²) in [6.07, 6.45) is -4.37. The molecule has 1 unspecified atom stereocenters. The van der Waals surface area contributed by atoms with Crippen LogP contribution in [0.5, 0.6) is 0 Å². The Kier molecular flexibility index (Phi) is 3.37. The smallest absolute Gasteiger partial charge is 0.249 e. The summed E-state index contributed by atoms with van der Waals surface area (Å²) in [7, 11) is 0. The van der Waals surface area contributed by atoms with E-state index in [-0.39, 0.29) is 0 Å². The zero-order valence-electron chi connectivity index (χ0n) is 6.98. The molecule has 0 saturated carbocycles. The van der Waals surface area contributed by atoms with E-state index in [0.29, 0.717) is 5.56 Å². The minimum atomic E-state index is -4.37. The molecule has 78 valence electrons. The van der Waals surface area contributed by atoms with Crippen molar-refractivity contribution in [1.29, 1.82) is 0 Å². The van der Waals surface area contributed by atoms with Gasteiger partial charge in [-0.15, -0.1) is 11.6 Å². The fourth-order valence-corrected chi connectivity index (χ4v) is 1.12. The quantitative estimate of drug-likeness (QED) is 0.529. The van der Waals surface area contributed by atoms with E-state index in [1.807, 2.05) is 0 Å². The van der Waals surface area contributed by atoms with Crippen molar-refractivity contribution in [2.75, 3.05) is 6.67 Å². The Labute approximate surface area is 83.5 Å². The Hall–Kier alpha value is -0.770. The van der Waals surface area contributed by atoms with Crippen molar-refractivity contribution in [2.24, 2.45) is 0 Å². The third-order valence-electron chi connectivity index (χ3n) is 1.74. The van der Waals surface area contributed by atoms with Gasteiger partial charge in [0.05, 0.1) is 10.9 Å². The summed E-state index contributed by atoms with van der Waals surface area (Å²) in [6, 6.07) is 4.14. The van der Waals surface area contributed by atoms with Gasteiger partial charge in [0.25, 0.3) is 0 Å². The SMILES string of the molecule is FCC(Cl)c1ccc(C(F)(F)F)cc1. The minimum Gasteiger partial charge on any atom is -0.249 e. The van der Waals surface area contributed by atoms with Crippen LogP contribution in [-0.2, 0) is 6.18 Å². The second kappa shape index (κ2) is 4.17. The van der Waals surface area contributed by atoms with Crippen LogP contribution in [0.25, 0.3) is 0 Å². The van der Waals surface area contributed by atoms with Crippen LogP contribution in [0, 0.1) is 0 Å². The standard InChI is InChI=1S/C9H7ClF4/c10-8(5-11)6-1-3-7(4-2-6)9(12,13)14/h1-4,8H,5H2. The second-order valence-corrected chi connectivity index (χ2v) is 3.27. The van der Waals surface area contributed by atoms with Crippen LogP contribution in [0.15, 0.2) is 24.3 Å². The number of halogens is 5. The maximum Gasteiger partial charge on any atom is 0.416 e. The van der Waals surface area contributed by atoms with Gasteiger partial charge in [0, 0.05) is 0 Å². The lowest BCUT2D eigenvalue weighted by Gasteiger charge is -2.08. The molecule has 0 fully saturated rings. The Balaban J connectivity index is 2.89. The Bertz CT molecular complexity index is 291. The minimum absolute atomic E-state index is 0.349. The third-order valence-corrected chi connectivity index (χ3v) is 2.10. The van der Waals surface area contributed by atoms with E-state index in [2.05, 4.69) is 0 Å². The molecule has 0 aliphatic heterocycles. The predicted molar refractivity (Wildman–Crippen MR) is 46.0 cm³/mol. The molecule has 0 heterocycles. The van der Waals surface area contributed by atoms with Crippen LogP contribution in [0.2, 0.25) is 0 Å². The highest BCUT2D eigenvalue weighted by Crippen LogP contribution is 2.30. The van der Waals surface area contributed by atoms with Gasteiger partial charge in [0.2, 0.25) is 0 Å². The number of hydrogen-bond acceptors (Lipinski definition) is 0. The van der Waals surface area contributed by atoms with E-state index in [0.717, 1.165) is 12.1 Å². The van der Waals surface area contributed by atoms with Crippen molar-refractivity contribution in [1.82, 2.24) is 0 Å². The number of benzene rings is 1. The molecule has 0 aromatic heterocycles. The average molecular weight is 227 g/mol. The van der Waals surface area contributed by atoms with Crippen molar-refractivity contribution >= 4 is 11.6 Å². The lowest BCUT2D eigenvalue weighted by atomic mass is 10.1. The molecule has 1 atom stereocenters. The number of rotatable bonds is 2. The van der Waals surface area contributed by atoms with E-state index in [1.54, 1.807) is 0 Å². The van der Waals surface area contributed by atoms with Crippen LogP contribution >= 0.6 is 11.6 Å². The first-order valence-corrected chi connectivity index (χ1v) is 4.26. The van der Waals surface area contributed by atoms with Crippen molar-refractivity contribution in [3.63, 3.8) is 0 Å². The second-order valence-electron chi connectivity index (χ2n) is 2.74. The normalized spacial score (nSPS) is 14.1. The van der Waals surface area contributed by atoms with Crippen molar-refractivity contribution in [3.05, 3.63) is 35.4 Å². The Morgan fingerprint density at radius 1 is 1.14 bits per heavy atom. The lowest BCUT2D eigenvalue weighted by molar-refractivity contribution is -0.137. The van der Waals surface area contributed by atoms with Crippen LogP contribution in [0.4, 0.5) is 17.6 Å². The summed E-state index contributed by atoms with van der Waals surface area (Å²) in [5, 5.41) is -0.878. The van der Waals surface area contributed by atoms with E-state index in [4.69, 9.17) is 11.6 Å². The van der Waals surface area contributed by atoms with Crippen LogP contribution < -0.4 is 0 Å². The summed E-state index contributed by atoms with van der Waals surface area (Å²) >= 11 is 5.50. The molecule has 0 saturated heterocycles. The maximum atomic E-state index is 12.1. The highest BCUT2D eigenvalue weighted by molar-refractivity contribution is 6.20. The van der Waals surface area contributed by atoms with Gasteiger partial charge in [0.1, 0.15) is 6.67 Å². The molecular formula is C9H7ClF4. The predicted octanol–water partition coefficient (Wildman–Crippen LogP) is 3.95. The van der Waals surface area contributed by atoms with Gasteiger partial charge in [-0.2, -0.15) is 13.2 Å². The summed E-state index contributed by atoms with van der Waals surface area (Å²) in [4.78, 5) is 0. The molecule has 0 bridgehead atoms. The zero-order valence-corrected chi connectivity index (χ0v) is 7.74. The van der Waals surface area contributed by atoms with Crippen LogP contribution in [-0.4, -0.2) is 6.67 Å². The van der Waals surface area contributed by atoms with Crippen molar-refractivity contribution in [2.45, 2.75) is 11.6 Å². The summed E-state index contributed by atoms with van der Waals surface area (Å²) in [5.74, 6) is 0. The van der Waals surface area contributed by atoms with Gasteiger partial charge in [-0.1, -0.05) is 12.1 Å². The molecule has 0 nitrogen and oxygen atoms in total. The largest absolute Gasteiger partial charge is 0.416 e. The van der Waals surface area contributed by atoms with E-state index in [1.165, 1.54) is 12.1 Å². The van der Waals surface area contributed by atoms with E-state index in [9.17, 15) is 17.6 Å². The molecular weight excluding hydrogens is 220 g/mol. The van der Waals surface area contributed by atoms with Crippen molar-refractivity contribution < 1.29 is 17.6 Å². The first-order chi connectivity index (χ1) is 6.45.